The predicted octanol–water partition coefficient (Wildman–Crippen LogP) is 3.47. The number of carbonyl (C=O) groups is 1. The minimum absolute atomic E-state index is 0.171. The number of anilines is 2. The molecule has 1 fully saturated rings. The Balaban J connectivity index is 1.50. The Morgan fingerprint density at radius 3 is 2.67 bits per heavy atom. The van der Waals surface area contributed by atoms with Crippen LogP contribution in [0.1, 0.15) is 40.8 Å². The Labute approximate surface area is 179 Å². The van der Waals surface area contributed by atoms with Gasteiger partial charge in [-0.25, -0.2) is 19.7 Å². The van der Waals surface area contributed by atoms with E-state index in [0.717, 1.165) is 60.9 Å². The molecule has 8 heteroatoms. The van der Waals surface area contributed by atoms with Crippen LogP contribution in [0.3, 0.4) is 0 Å². The fraction of sp³-hybridized carbons (Fsp3) is 0.455. The number of rotatable bonds is 4. The molecule has 2 aliphatic rings. The second kappa shape index (κ2) is 8.18. The molecule has 0 saturated carbocycles. The number of thiophene rings is 1. The van der Waals surface area contributed by atoms with Crippen LogP contribution >= 0.6 is 11.3 Å². The summed E-state index contributed by atoms with van der Waals surface area (Å²) >= 11 is 1.72. The van der Waals surface area contributed by atoms with Gasteiger partial charge in [-0.3, -0.25) is 0 Å². The fourth-order valence-electron chi connectivity index (χ4n) is 4.34. The van der Waals surface area contributed by atoms with Gasteiger partial charge in [0.1, 0.15) is 16.5 Å². The standard InChI is InChI=1S/C22H25N5O2S/c1-2-29-22(28)19-24-20(18-15-7-3-4-8-16(15)30-21(18)25-19)27-13-11-26(12-14-27)17-9-5-6-10-23-17/h5-6,9-10H,2-4,7-8,11-14H2,1H3. The summed E-state index contributed by atoms with van der Waals surface area (Å²) in [6.07, 6.45) is 6.41. The number of hydrogen-bond donors (Lipinski definition) is 0. The van der Waals surface area contributed by atoms with Gasteiger partial charge in [-0.05, 0) is 50.3 Å². The van der Waals surface area contributed by atoms with E-state index in [9.17, 15) is 4.79 Å². The predicted molar refractivity (Wildman–Crippen MR) is 119 cm³/mol. The van der Waals surface area contributed by atoms with Crippen molar-refractivity contribution in [2.24, 2.45) is 0 Å². The SMILES string of the molecule is CCOC(=O)c1nc(N2CCN(c3ccccn3)CC2)c2c3c(sc2n1)CCCC3. The normalized spacial score (nSPS) is 16.6. The number of carbonyl (C=O) groups excluding carboxylic acids is 1. The summed E-state index contributed by atoms with van der Waals surface area (Å²) in [4.78, 5) is 33.2. The van der Waals surface area contributed by atoms with E-state index in [1.54, 1.807) is 18.3 Å². The number of aromatic nitrogens is 3. The molecule has 1 saturated heterocycles. The van der Waals surface area contributed by atoms with Crippen LogP contribution in [-0.2, 0) is 17.6 Å². The first-order valence-corrected chi connectivity index (χ1v) is 11.5. The van der Waals surface area contributed by atoms with E-state index < -0.39 is 5.97 Å². The zero-order valence-electron chi connectivity index (χ0n) is 17.1. The maximum absolute atomic E-state index is 12.4. The molecule has 0 radical (unpaired) electrons. The molecular weight excluding hydrogens is 398 g/mol. The van der Waals surface area contributed by atoms with E-state index in [-0.39, 0.29) is 5.82 Å². The van der Waals surface area contributed by atoms with Gasteiger partial charge in [-0.2, -0.15) is 0 Å². The summed E-state index contributed by atoms with van der Waals surface area (Å²) in [5, 5.41) is 1.15. The first kappa shape index (κ1) is 19.2. The average molecular weight is 424 g/mol. The van der Waals surface area contributed by atoms with Crippen molar-refractivity contribution in [1.82, 2.24) is 15.0 Å². The first-order valence-electron chi connectivity index (χ1n) is 10.6. The van der Waals surface area contributed by atoms with Crippen molar-refractivity contribution in [3.8, 4) is 0 Å². The molecule has 156 valence electrons. The molecule has 1 aliphatic heterocycles. The third-order valence-corrected chi connectivity index (χ3v) is 6.99. The number of aryl methyl sites for hydroxylation is 2. The van der Waals surface area contributed by atoms with Gasteiger partial charge in [0, 0.05) is 37.3 Å². The average Bonchev–Trinajstić information content (AvgIpc) is 3.18. The number of nitrogens with zero attached hydrogens (tertiary/aromatic N) is 5. The van der Waals surface area contributed by atoms with E-state index in [4.69, 9.17) is 9.72 Å². The second-order valence-corrected chi connectivity index (χ2v) is 8.73. The summed E-state index contributed by atoms with van der Waals surface area (Å²) in [5.41, 5.74) is 1.39. The Bertz CT molecular complexity index is 1060. The van der Waals surface area contributed by atoms with Crippen molar-refractivity contribution in [3.05, 3.63) is 40.7 Å². The molecule has 30 heavy (non-hydrogen) atoms. The lowest BCUT2D eigenvalue weighted by atomic mass is 9.97. The highest BCUT2D eigenvalue weighted by Crippen LogP contribution is 2.40. The third-order valence-electron chi connectivity index (χ3n) is 5.81. The highest BCUT2D eigenvalue weighted by atomic mass is 32.1. The van der Waals surface area contributed by atoms with Crippen LogP contribution in [0.15, 0.2) is 24.4 Å². The third kappa shape index (κ3) is 3.49. The van der Waals surface area contributed by atoms with E-state index in [0.29, 0.717) is 6.61 Å². The van der Waals surface area contributed by atoms with Gasteiger partial charge >= 0.3 is 5.97 Å². The largest absolute Gasteiger partial charge is 0.460 e. The summed E-state index contributed by atoms with van der Waals surface area (Å²) in [6, 6.07) is 6.01. The minimum atomic E-state index is -0.445. The lowest BCUT2D eigenvalue weighted by Crippen LogP contribution is -2.47. The molecule has 0 unspecified atom stereocenters. The highest BCUT2D eigenvalue weighted by Gasteiger charge is 2.28. The number of piperazine rings is 1. The van der Waals surface area contributed by atoms with Crippen molar-refractivity contribution in [1.29, 1.82) is 0 Å². The molecule has 7 nitrogen and oxygen atoms in total. The fourth-order valence-corrected chi connectivity index (χ4v) is 5.60. The quantitative estimate of drug-likeness (QED) is 0.595. The van der Waals surface area contributed by atoms with Crippen LogP contribution in [0.5, 0.6) is 0 Å². The van der Waals surface area contributed by atoms with Gasteiger partial charge in [0.25, 0.3) is 0 Å². The molecule has 0 bridgehead atoms. The zero-order valence-corrected chi connectivity index (χ0v) is 18.0. The molecule has 0 amide bonds. The smallest absolute Gasteiger partial charge is 0.376 e. The molecular formula is C22H25N5O2S. The van der Waals surface area contributed by atoms with E-state index in [1.165, 1.54) is 23.3 Å². The molecule has 0 atom stereocenters. The first-order chi connectivity index (χ1) is 14.7. The summed E-state index contributed by atoms with van der Waals surface area (Å²) < 4.78 is 5.20. The Morgan fingerprint density at radius 2 is 1.90 bits per heavy atom. The highest BCUT2D eigenvalue weighted by molar-refractivity contribution is 7.19. The van der Waals surface area contributed by atoms with Gasteiger partial charge < -0.3 is 14.5 Å². The zero-order chi connectivity index (χ0) is 20.5. The van der Waals surface area contributed by atoms with Crippen LogP contribution in [0.2, 0.25) is 0 Å². The molecule has 3 aromatic heterocycles. The second-order valence-electron chi connectivity index (χ2n) is 7.64. The van der Waals surface area contributed by atoms with Crippen LogP contribution in [0.4, 0.5) is 11.6 Å². The summed E-state index contributed by atoms with van der Waals surface area (Å²) in [6.45, 7) is 5.51. The van der Waals surface area contributed by atoms with Gasteiger partial charge in [-0.1, -0.05) is 6.07 Å². The Hall–Kier alpha value is -2.74. The minimum Gasteiger partial charge on any atom is -0.460 e. The number of esters is 1. The van der Waals surface area contributed by atoms with Gasteiger partial charge in [-0.15, -0.1) is 11.3 Å². The molecule has 0 N–H and O–H groups in total. The number of hydrogen-bond acceptors (Lipinski definition) is 8. The lowest BCUT2D eigenvalue weighted by Gasteiger charge is -2.36. The summed E-state index contributed by atoms with van der Waals surface area (Å²) in [7, 11) is 0. The van der Waals surface area contributed by atoms with Crippen LogP contribution in [-0.4, -0.2) is 53.7 Å². The van der Waals surface area contributed by atoms with Gasteiger partial charge in [0.15, 0.2) is 0 Å². The van der Waals surface area contributed by atoms with Gasteiger partial charge in [0.05, 0.1) is 12.0 Å². The van der Waals surface area contributed by atoms with E-state index in [2.05, 4.69) is 19.8 Å². The van der Waals surface area contributed by atoms with Gasteiger partial charge in [0.2, 0.25) is 5.82 Å². The van der Waals surface area contributed by atoms with Crippen molar-refractivity contribution in [2.75, 3.05) is 42.6 Å². The Morgan fingerprint density at radius 1 is 1.10 bits per heavy atom. The van der Waals surface area contributed by atoms with Crippen LogP contribution in [0.25, 0.3) is 10.2 Å². The Kier molecular flexibility index (Phi) is 5.25. The van der Waals surface area contributed by atoms with Crippen LogP contribution < -0.4 is 9.80 Å². The number of ether oxygens (including phenoxy) is 1. The maximum Gasteiger partial charge on any atom is 0.376 e. The lowest BCUT2D eigenvalue weighted by molar-refractivity contribution is 0.0512. The maximum atomic E-state index is 12.4. The topological polar surface area (TPSA) is 71.5 Å². The number of pyridine rings is 1. The van der Waals surface area contributed by atoms with Crippen LogP contribution in [0, 0.1) is 0 Å². The van der Waals surface area contributed by atoms with Crippen molar-refractivity contribution in [3.63, 3.8) is 0 Å². The van der Waals surface area contributed by atoms with E-state index in [1.807, 2.05) is 24.4 Å². The molecule has 4 heterocycles. The molecule has 0 spiro atoms. The van der Waals surface area contributed by atoms with E-state index >= 15 is 0 Å². The summed E-state index contributed by atoms with van der Waals surface area (Å²) in [5.74, 6) is 1.62. The number of fused-ring (bicyclic) bond motifs is 3. The molecule has 0 aromatic carbocycles. The van der Waals surface area contributed by atoms with Crippen molar-refractivity contribution < 1.29 is 9.53 Å². The monoisotopic (exact) mass is 423 g/mol. The van der Waals surface area contributed by atoms with Crippen molar-refractivity contribution >= 4 is 39.2 Å². The molecule has 1 aliphatic carbocycles. The molecule has 3 aromatic rings. The van der Waals surface area contributed by atoms with Crippen molar-refractivity contribution in [2.45, 2.75) is 32.6 Å². The molecule has 5 rings (SSSR count).